The number of esters is 1. The van der Waals surface area contributed by atoms with Gasteiger partial charge in [-0.1, -0.05) is 29.3 Å². The summed E-state index contributed by atoms with van der Waals surface area (Å²) in [4.78, 5) is 20.4. The maximum Gasteiger partial charge on any atom is 0.404 e. The van der Waals surface area contributed by atoms with E-state index in [1.165, 1.54) is 18.2 Å². The van der Waals surface area contributed by atoms with Crippen LogP contribution >= 0.6 is 23.2 Å². The van der Waals surface area contributed by atoms with Gasteiger partial charge >= 0.3 is 12.1 Å². The van der Waals surface area contributed by atoms with Gasteiger partial charge in [-0.25, -0.2) is 14.8 Å². The van der Waals surface area contributed by atoms with Crippen LogP contribution in [0.15, 0.2) is 45.9 Å². The Morgan fingerprint density at radius 3 is 2.63 bits per heavy atom. The first kappa shape index (κ1) is 25.9. The van der Waals surface area contributed by atoms with Crippen molar-refractivity contribution in [3.05, 3.63) is 62.6 Å². The highest BCUT2D eigenvalue weighted by Crippen LogP contribution is 2.53. The van der Waals surface area contributed by atoms with E-state index in [1.807, 2.05) is 6.07 Å². The van der Waals surface area contributed by atoms with Gasteiger partial charge in [-0.2, -0.15) is 18.4 Å². The average molecular weight is 526 g/mol. The van der Waals surface area contributed by atoms with Crippen molar-refractivity contribution in [1.29, 1.82) is 5.26 Å². The van der Waals surface area contributed by atoms with Crippen LogP contribution in [0.1, 0.15) is 16.7 Å². The van der Waals surface area contributed by atoms with Crippen LogP contribution in [0.2, 0.25) is 10.0 Å². The fourth-order valence-electron chi connectivity index (χ4n) is 3.74. The van der Waals surface area contributed by atoms with E-state index in [-0.39, 0.29) is 32.6 Å². The number of aromatic hydroxyl groups is 1. The first-order chi connectivity index (χ1) is 16.5. The number of nitriles is 1. The van der Waals surface area contributed by atoms with Crippen LogP contribution in [-0.4, -0.2) is 43.6 Å². The summed E-state index contributed by atoms with van der Waals surface area (Å²) in [6, 6.07) is 7.65. The van der Waals surface area contributed by atoms with Gasteiger partial charge < -0.3 is 20.9 Å². The minimum Gasteiger partial charge on any atom is -0.506 e. The van der Waals surface area contributed by atoms with Gasteiger partial charge in [0.15, 0.2) is 0 Å². The number of aliphatic imine (C=N–C) groups is 2. The van der Waals surface area contributed by atoms with Crippen molar-refractivity contribution in [2.45, 2.75) is 11.6 Å². The molecule has 2 aromatic rings. The fraction of sp³-hybridized carbons (Fsp3) is 0.182. The normalized spacial score (nSPS) is 18.2. The summed E-state index contributed by atoms with van der Waals surface area (Å²) < 4.78 is 49.0. The van der Waals surface area contributed by atoms with E-state index in [2.05, 4.69) is 15.3 Å². The molecular weight excluding hydrogens is 510 g/mol. The lowest BCUT2D eigenvalue weighted by molar-refractivity contribution is -0.180. The number of nitrogens with zero attached hydrogens (tertiary/aromatic N) is 3. The Hall–Kier alpha value is -3.75. The Labute approximate surface area is 207 Å². The number of hydrogen-bond donors (Lipinski definition) is 3. The van der Waals surface area contributed by atoms with Crippen molar-refractivity contribution < 1.29 is 27.8 Å². The van der Waals surface area contributed by atoms with Crippen molar-refractivity contribution in [2.75, 3.05) is 13.7 Å². The Kier molecular flexibility index (Phi) is 7.28. The quantitative estimate of drug-likeness (QED) is 0.304. The second-order valence-corrected chi connectivity index (χ2v) is 7.96. The number of alkyl halides is 3. The van der Waals surface area contributed by atoms with Gasteiger partial charge in [-0.3, -0.25) is 0 Å². The number of ether oxygens (including phenoxy) is 1. The molecule has 1 aliphatic rings. The van der Waals surface area contributed by atoms with Crippen molar-refractivity contribution in [2.24, 2.45) is 15.7 Å². The van der Waals surface area contributed by atoms with Gasteiger partial charge in [0.05, 0.1) is 41.0 Å². The zero-order chi connectivity index (χ0) is 26.0. The molecule has 13 heteroatoms. The Morgan fingerprint density at radius 2 is 2.06 bits per heavy atom. The highest BCUT2D eigenvalue weighted by molar-refractivity contribution is 6.43. The molecule has 0 fully saturated rings. The van der Waals surface area contributed by atoms with Gasteiger partial charge in [-0.05, 0) is 35.4 Å². The number of carbonyl (C=O) groups is 1. The van der Waals surface area contributed by atoms with E-state index in [0.717, 1.165) is 31.9 Å². The second kappa shape index (κ2) is 9.85. The summed E-state index contributed by atoms with van der Waals surface area (Å²) in [7, 11) is 0.940. The van der Waals surface area contributed by atoms with E-state index in [1.54, 1.807) is 0 Å². The monoisotopic (exact) mass is 525 g/mol. The highest BCUT2D eigenvalue weighted by atomic mass is 35.5. The minimum atomic E-state index is -5.04. The van der Waals surface area contributed by atoms with Crippen LogP contribution in [0.4, 0.5) is 18.9 Å². The number of rotatable bonds is 5. The summed E-state index contributed by atoms with van der Waals surface area (Å²) >= 11 is 11.8. The second-order valence-electron chi connectivity index (χ2n) is 7.18. The molecular formula is C22H16Cl2F3N5O3. The van der Waals surface area contributed by atoms with Crippen LogP contribution in [-0.2, 0) is 14.9 Å². The maximum absolute atomic E-state index is 14.7. The third-order valence-corrected chi connectivity index (χ3v) is 6.13. The SMILES string of the molecule is COC(=O)C1=C(c2ccc(N=CN=CN)c(C#N)c2)NCC1(c1cc(O)c(Cl)c(Cl)c1)C(F)(F)F. The molecule has 8 nitrogen and oxygen atoms in total. The van der Waals surface area contributed by atoms with Crippen molar-refractivity contribution in [1.82, 2.24) is 5.32 Å². The molecule has 0 aromatic heterocycles. The largest absolute Gasteiger partial charge is 0.506 e. The zero-order valence-electron chi connectivity index (χ0n) is 17.8. The summed E-state index contributed by atoms with van der Waals surface area (Å²) in [6.45, 7) is -0.819. The van der Waals surface area contributed by atoms with Gasteiger partial charge in [-0.15, -0.1) is 0 Å². The van der Waals surface area contributed by atoms with Gasteiger partial charge in [0.2, 0.25) is 0 Å². The van der Waals surface area contributed by atoms with Crippen molar-refractivity contribution in [3.63, 3.8) is 0 Å². The summed E-state index contributed by atoms with van der Waals surface area (Å²) in [5, 5.41) is 21.5. The molecule has 0 bridgehead atoms. The van der Waals surface area contributed by atoms with Crippen LogP contribution in [0, 0.1) is 11.3 Å². The lowest BCUT2D eigenvalue weighted by Gasteiger charge is -2.33. The van der Waals surface area contributed by atoms with E-state index < -0.39 is 41.0 Å². The van der Waals surface area contributed by atoms with E-state index in [9.17, 15) is 28.3 Å². The highest BCUT2D eigenvalue weighted by Gasteiger charge is 2.64. The topological polar surface area (TPSA) is 133 Å². The molecule has 1 unspecified atom stereocenters. The van der Waals surface area contributed by atoms with Crippen LogP contribution in [0.25, 0.3) is 5.70 Å². The number of phenolic OH excluding ortho intramolecular Hbond substituents is 1. The molecule has 0 spiro atoms. The number of methoxy groups -OCH3 is 1. The molecule has 35 heavy (non-hydrogen) atoms. The van der Waals surface area contributed by atoms with Gasteiger partial charge in [0, 0.05) is 6.54 Å². The molecule has 3 rings (SSSR count). The van der Waals surface area contributed by atoms with Gasteiger partial charge in [0.25, 0.3) is 0 Å². The number of nitrogens with two attached hydrogens (primary N) is 1. The molecule has 0 saturated heterocycles. The fourth-order valence-corrected chi connectivity index (χ4v) is 4.06. The molecule has 182 valence electrons. The zero-order valence-corrected chi connectivity index (χ0v) is 19.3. The molecule has 2 aromatic carbocycles. The first-order valence-corrected chi connectivity index (χ1v) is 10.4. The van der Waals surface area contributed by atoms with Crippen molar-refractivity contribution in [3.8, 4) is 11.8 Å². The number of hydrogen-bond acceptors (Lipinski definition) is 6. The molecule has 1 heterocycles. The van der Waals surface area contributed by atoms with E-state index >= 15 is 0 Å². The van der Waals surface area contributed by atoms with E-state index in [0.29, 0.717) is 0 Å². The molecule has 0 aliphatic carbocycles. The third-order valence-electron chi connectivity index (χ3n) is 5.34. The predicted octanol–water partition coefficient (Wildman–Crippen LogP) is 4.21. The number of benzene rings is 2. The lowest BCUT2D eigenvalue weighted by atomic mass is 9.74. The molecule has 0 radical (unpaired) electrons. The number of phenols is 1. The van der Waals surface area contributed by atoms with Crippen LogP contribution < -0.4 is 11.1 Å². The smallest absolute Gasteiger partial charge is 0.404 e. The summed E-state index contributed by atoms with van der Waals surface area (Å²) in [5.41, 5.74) is 0.928. The molecule has 1 atom stereocenters. The number of nitrogens with one attached hydrogen (secondary N) is 1. The molecule has 0 amide bonds. The summed E-state index contributed by atoms with van der Waals surface area (Å²) in [6.07, 6.45) is -2.97. The number of halogens is 5. The van der Waals surface area contributed by atoms with E-state index in [4.69, 9.17) is 33.7 Å². The maximum atomic E-state index is 14.7. The molecule has 0 saturated carbocycles. The predicted molar refractivity (Wildman–Crippen MR) is 125 cm³/mol. The van der Waals surface area contributed by atoms with Crippen LogP contribution in [0.5, 0.6) is 5.75 Å². The third kappa shape index (κ3) is 4.50. The van der Waals surface area contributed by atoms with Gasteiger partial charge in [0.1, 0.15) is 28.6 Å². The van der Waals surface area contributed by atoms with Crippen LogP contribution in [0.3, 0.4) is 0 Å². The lowest BCUT2D eigenvalue weighted by Crippen LogP contribution is -2.48. The average Bonchev–Trinajstić information content (AvgIpc) is 3.24. The minimum absolute atomic E-state index is 0.00109. The Morgan fingerprint density at radius 1 is 1.34 bits per heavy atom. The first-order valence-electron chi connectivity index (χ1n) is 9.64. The standard InChI is InChI=1S/C22H16Cl2F3N5O3/c1-35-20(34)17-19(11-2-3-15(12(4-11)7-28)32-10-30-9-29)31-8-21(17,22(25,26)27)13-5-14(23)18(24)16(33)6-13/h2-6,9-10,31,33H,8H2,1H3,(H2,29,30,32). The Bertz CT molecular complexity index is 1300. The van der Waals surface area contributed by atoms with Crippen molar-refractivity contribution >= 4 is 53.2 Å². The Balaban J connectivity index is 2.33. The molecule has 1 aliphatic heterocycles. The number of carbonyl (C=O) groups excluding carboxylic acids is 1. The molecule has 4 N–H and O–H groups in total. The summed E-state index contributed by atoms with van der Waals surface area (Å²) in [5.74, 6) is -1.96.